The number of hydrogen-bond donors (Lipinski definition) is 2. The van der Waals surface area contributed by atoms with Crippen molar-refractivity contribution >= 4 is 11.8 Å². The van der Waals surface area contributed by atoms with Crippen LogP contribution in [0.15, 0.2) is 48.5 Å². The zero-order valence-electron chi connectivity index (χ0n) is 13.3. The molecule has 2 rings (SSSR count). The maximum Gasteiger partial charge on any atom is 0.251 e. The van der Waals surface area contributed by atoms with Crippen molar-refractivity contribution in [1.29, 1.82) is 0 Å². The summed E-state index contributed by atoms with van der Waals surface area (Å²) in [6.07, 6.45) is 0. The first kappa shape index (κ1) is 16.5. The molecule has 0 atom stereocenters. The Hall–Kier alpha value is -2.82. The van der Waals surface area contributed by atoms with Crippen LogP contribution in [0.1, 0.15) is 21.5 Å². The van der Waals surface area contributed by atoms with Crippen LogP contribution in [0.25, 0.3) is 0 Å². The van der Waals surface area contributed by atoms with E-state index in [0.717, 1.165) is 16.9 Å². The van der Waals surface area contributed by atoms with Crippen LogP contribution in [0.4, 0.5) is 0 Å². The van der Waals surface area contributed by atoms with Gasteiger partial charge in [-0.1, -0.05) is 35.9 Å². The lowest BCUT2D eigenvalue weighted by atomic mass is 10.1. The SMILES string of the molecule is COc1ccc(C)cc1CNC(=O)CNC(=O)c1ccccc1. The summed E-state index contributed by atoms with van der Waals surface area (Å²) in [5.41, 5.74) is 2.52. The number of methoxy groups -OCH3 is 1. The van der Waals surface area contributed by atoms with Crippen LogP contribution in [0.2, 0.25) is 0 Å². The molecular formula is C18H20N2O3. The fourth-order valence-corrected chi connectivity index (χ4v) is 2.15. The minimum absolute atomic E-state index is 0.0676. The van der Waals surface area contributed by atoms with Gasteiger partial charge in [0.25, 0.3) is 5.91 Å². The van der Waals surface area contributed by atoms with Gasteiger partial charge in [0.15, 0.2) is 0 Å². The molecule has 0 unspecified atom stereocenters. The molecule has 23 heavy (non-hydrogen) atoms. The normalized spacial score (nSPS) is 10.0. The minimum atomic E-state index is -0.270. The van der Waals surface area contributed by atoms with Gasteiger partial charge in [-0.3, -0.25) is 9.59 Å². The van der Waals surface area contributed by atoms with E-state index in [4.69, 9.17) is 4.74 Å². The van der Waals surface area contributed by atoms with Crippen LogP contribution in [0, 0.1) is 6.92 Å². The molecule has 0 aliphatic carbocycles. The predicted octanol–water partition coefficient (Wildman–Crippen LogP) is 2.05. The van der Waals surface area contributed by atoms with E-state index < -0.39 is 0 Å². The molecule has 2 aromatic carbocycles. The Morgan fingerprint density at radius 2 is 1.78 bits per heavy atom. The monoisotopic (exact) mass is 312 g/mol. The summed E-state index contributed by atoms with van der Waals surface area (Å²) in [5.74, 6) is 0.205. The van der Waals surface area contributed by atoms with Crippen LogP contribution in [-0.4, -0.2) is 25.5 Å². The summed E-state index contributed by atoms with van der Waals surface area (Å²) in [5, 5.41) is 5.37. The molecular weight excluding hydrogens is 292 g/mol. The Morgan fingerprint density at radius 1 is 1.04 bits per heavy atom. The molecule has 2 N–H and O–H groups in total. The number of carbonyl (C=O) groups is 2. The number of carbonyl (C=O) groups excluding carboxylic acids is 2. The van der Waals surface area contributed by atoms with Crippen molar-refractivity contribution in [2.24, 2.45) is 0 Å². The molecule has 0 spiro atoms. The molecule has 0 saturated carbocycles. The molecule has 0 saturated heterocycles. The number of ether oxygens (including phenoxy) is 1. The Kier molecular flexibility index (Phi) is 5.74. The summed E-state index contributed by atoms with van der Waals surface area (Å²) in [6.45, 7) is 2.26. The van der Waals surface area contributed by atoms with Crippen molar-refractivity contribution in [3.05, 3.63) is 65.2 Å². The number of benzene rings is 2. The lowest BCUT2D eigenvalue weighted by Gasteiger charge is -2.11. The van der Waals surface area contributed by atoms with E-state index in [-0.39, 0.29) is 18.4 Å². The van der Waals surface area contributed by atoms with E-state index in [1.807, 2.05) is 31.2 Å². The zero-order chi connectivity index (χ0) is 16.7. The van der Waals surface area contributed by atoms with Crippen LogP contribution < -0.4 is 15.4 Å². The van der Waals surface area contributed by atoms with E-state index in [0.29, 0.717) is 12.1 Å². The molecule has 0 bridgehead atoms. The third kappa shape index (κ3) is 4.85. The Bertz CT molecular complexity index is 684. The zero-order valence-corrected chi connectivity index (χ0v) is 13.3. The van der Waals surface area contributed by atoms with Crippen molar-refractivity contribution < 1.29 is 14.3 Å². The molecule has 0 aliphatic heterocycles. The highest BCUT2D eigenvalue weighted by atomic mass is 16.5. The summed E-state index contributed by atoms with van der Waals surface area (Å²) in [4.78, 5) is 23.7. The van der Waals surface area contributed by atoms with Gasteiger partial charge in [0, 0.05) is 17.7 Å². The van der Waals surface area contributed by atoms with Crippen LogP contribution in [0.3, 0.4) is 0 Å². The van der Waals surface area contributed by atoms with Gasteiger partial charge in [-0.2, -0.15) is 0 Å². The van der Waals surface area contributed by atoms with E-state index in [2.05, 4.69) is 10.6 Å². The Balaban J connectivity index is 1.84. The van der Waals surface area contributed by atoms with Crippen molar-refractivity contribution in [1.82, 2.24) is 10.6 Å². The first-order chi connectivity index (χ1) is 11.1. The smallest absolute Gasteiger partial charge is 0.251 e. The van der Waals surface area contributed by atoms with Gasteiger partial charge in [0.1, 0.15) is 5.75 Å². The van der Waals surface area contributed by atoms with E-state index >= 15 is 0 Å². The fraction of sp³-hybridized carbons (Fsp3) is 0.222. The average molecular weight is 312 g/mol. The number of aryl methyl sites for hydroxylation is 1. The predicted molar refractivity (Wildman–Crippen MR) is 88.4 cm³/mol. The second-order valence-electron chi connectivity index (χ2n) is 5.14. The maximum atomic E-state index is 11.9. The molecule has 0 aromatic heterocycles. The van der Waals surface area contributed by atoms with E-state index in [9.17, 15) is 9.59 Å². The Labute approximate surface area is 135 Å². The van der Waals surface area contributed by atoms with Gasteiger partial charge in [-0.25, -0.2) is 0 Å². The number of amides is 2. The third-order valence-electron chi connectivity index (χ3n) is 3.36. The fourth-order valence-electron chi connectivity index (χ4n) is 2.15. The number of hydrogen-bond acceptors (Lipinski definition) is 3. The summed E-state index contributed by atoms with van der Waals surface area (Å²) >= 11 is 0. The van der Waals surface area contributed by atoms with Crippen LogP contribution in [-0.2, 0) is 11.3 Å². The number of rotatable bonds is 6. The first-order valence-electron chi connectivity index (χ1n) is 7.33. The summed E-state index contributed by atoms with van der Waals surface area (Å²) in [7, 11) is 1.59. The molecule has 0 heterocycles. The second-order valence-corrected chi connectivity index (χ2v) is 5.14. The molecule has 2 aromatic rings. The van der Waals surface area contributed by atoms with Gasteiger partial charge in [-0.15, -0.1) is 0 Å². The van der Waals surface area contributed by atoms with Gasteiger partial charge in [-0.05, 0) is 25.1 Å². The van der Waals surface area contributed by atoms with Crippen molar-refractivity contribution in [2.45, 2.75) is 13.5 Å². The highest BCUT2D eigenvalue weighted by Gasteiger charge is 2.09. The van der Waals surface area contributed by atoms with Crippen LogP contribution >= 0.6 is 0 Å². The van der Waals surface area contributed by atoms with Gasteiger partial charge < -0.3 is 15.4 Å². The lowest BCUT2D eigenvalue weighted by molar-refractivity contribution is -0.120. The number of nitrogens with one attached hydrogen (secondary N) is 2. The first-order valence-corrected chi connectivity index (χ1v) is 7.33. The van der Waals surface area contributed by atoms with Crippen molar-refractivity contribution in [3.63, 3.8) is 0 Å². The molecule has 5 nitrogen and oxygen atoms in total. The minimum Gasteiger partial charge on any atom is -0.496 e. The van der Waals surface area contributed by atoms with E-state index in [1.54, 1.807) is 31.4 Å². The summed E-state index contributed by atoms with van der Waals surface area (Å²) in [6, 6.07) is 14.6. The summed E-state index contributed by atoms with van der Waals surface area (Å²) < 4.78 is 5.27. The largest absolute Gasteiger partial charge is 0.496 e. The average Bonchev–Trinajstić information content (AvgIpc) is 2.58. The maximum absolute atomic E-state index is 11.9. The Morgan fingerprint density at radius 3 is 2.48 bits per heavy atom. The van der Waals surface area contributed by atoms with Gasteiger partial charge in [0.2, 0.25) is 5.91 Å². The lowest BCUT2D eigenvalue weighted by Crippen LogP contribution is -2.36. The van der Waals surface area contributed by atoms with Crippen molar-refractivity contribution in [2.75, 3.05) is 13.7 Å². The third-order valence-corrected chi connectivity index (χ3v) is 3.36. The molecule has 120 valence electrons. The van der Waals surface area contributed by atoms with Gasteiger partial charge >= 0.3 is 0 Å². The topological polar surface area (TPSA) is 67.4 Å². The molecule has 0 aliphatic rings. The van der Waals surface area contributed by atoms with Gasteiger partial charge in [0.05, 0.1) is 13.7 Å². The van der Waals surface area contributed by atoms with E-state index in [1.165, 1.54) is 0 Å². The standard InChI is InChI=1S/C18H20N2O3/c1-13-8-9-16(23-2)15(10-13)11-19-17(21)12-20-18(22)14-6-4-3-5-7-14/h3-10H,11-12H2,1-2H3,(H,19,21)(H,20,22). The molecule has 0 fully saturated rings. The highest BCUT2D eigenvalue weighted by Crippen LogP contribution is 2.19. The second kappa shape index (κ2) is 7.98. The highest BCUT2D eigenvalue weighted by molar-refractivity contribution is 5.96. The molecule has 0 radical (unpaired) electrons. The molecule has 5 heteroatoms. The molecule has 2 amide bonds. The quantitative estimate of drug-likeness (QED) is 0.858. The van der Waals surface area contributed by atoms with Crippen molar-refractivity contribution in [3.8, 4) is 5.75 Å². The van der Waals surface area contributed by atoms with Crippen LogP contribution in [0.5, 0.6) is 5.75 Å².